The van der Waals surface area contributed by atoms with Crippen LogP contribution in [0.15, 0.2) is 48.7 Å². The molecule has 0 saturated heterocycles. The highest BCUT2D eigenvalue weighted by atomic mass is 35.5. The van der Waals surface area contributed by atoms with Gasteiger partial charge < -0.3 is 9.80 Å². The van der Waals surface area contributed by atoms with Crippen LogP contribution < -0.4 is 9.80 Å². The molecule has 2 aromatic heterocycles. The zero-order chi connectivity index (χ0) is 20.5. The van der Waals surface area contributed by atoms with Gasteiger partial charge in [0.25, 0.3) is 5.91 Å². The molecule has 29 heavy (non-hydrogen) atoms. The van der Waals surface area contributed by atoms with Gasteiger partial charge in [-0.1, -0.05) is 35.6 Å². The summed E-state index contributed by atoms with van der Waals surface area (Å²) in [5.74, 6) is 7.27. The van der Waals surface area contributed by atoms with Crippen molar-refractivity contribution in [1.29, 1.82) is 0 Å². The van der Waals surface area contributed by atoms with Crippen molar-refractivity contribution in [1.82, 2.24) is 9.97 Å². The molecule has 1 aliphatic rings. The number of halogens is 1. The second kappa shape index (κ2) is 7.57. The first-order chi connectivity index (χ1) is 14.0. The van der Waals surface area contributed by atoms with E-state index in [0.717, 1.165) is 11.1 Å². The highest BCUT2D eigenvalue weighted by Crippen LogP contribution is 2.38. The van der Waals surface area contributed by atoms with Crippen molar-refractivity contribution < 1.29 is 4.79 Å². The van der Waals surface area contributed by atoms with Crippen LogP contribution in [0.1, 0.15) is 34.0 Å². The third-order valence-electron chi connectivity index (χ3n) is 4.78. The Balaban J connectivity index is 1.81. The number of rotatable bonds is 1. The van der Waals surface area contributed by atoms with Crippen LogP contribution in [0.4, 0.5) is 17.3 Å². The summed E-state index contributed by atoms with van der Waals surface area (Å²) in [4.78, 5) is 25.7. The minimum absolute atomic E-state index is 0.159. The van der Waals surface area contributed by atoms with Gasteiger partial charge in [-0.15, -0.1) is 0 Å². The lowest BCUT2D eigenvalue weighted by atomic mass is 10.1. The standard InChI is InChI=1S/C23H19ClN4O/c1-4-28-21-18(23(29)27(3)19-10-11-20(24)26-22(19)28)13-17(14-25-21)9-8-16-7-5-6-15(2)12-16/h5-7,10-14H,4H2,1-3H3. The van der Waals surface area contributed by atoms with E-state index in [0.29, 0.717) is 40.1 Å². The predicted octanol–water partition coefficient (Wildman–Crippen LogP) is 4.59. The van der Waals surface area contributed by atoms with Crippen molar-refractivity contribution in [3.63, 3.8) is 0 Å². The maximum Gasteiger partial charge on any atom is 0.261 e. The van der Waals surface area contributed by atoms with Gasteiger partial charge in [0.1, 0.15) is 11.0 Å². The lowest BCUT2D eigenvalue weighted by Crippen LogP contribution is -2.25. The van der Waals surface area contributed by atoms with Crippen molar-refractivity contribution in [2.75, 3.05) is 23.4 Å². The minimum Gasteiger partial charge on any atom is -0.309 e. The molecule has 0 unspecified atom stereocenters. The summed E-state index contributed by atoms with van der Waals surface area (Å²) in [6.07, 6.45) is 1.69. The van der Waals surface area contributed by atoms with Crippen molar-refractivity contribution in [3.8, 4) is 11.8 Å². The number of hydrogen-bond donors (Lipinski definition) is 0. The van der Waals surface area contributed by atoms with Gasteiger partial charge in [0.15, 0.2) is 5.82 Å². The lowest BCUT2D eigenvalue weighted by molar-refractivity contribution is 0.0994. The van der Waals surface area contributed by atoms with E-state index in [1.807, 2.05) is 43.0 Å². The third-order valence-corrected chi connectivity index (χ3v) is 4.99. The quantitative estimate of drug-likeness (QED) is 0.441. The van der Waals surface area contributed by atoms with Crippen LogP contribution in [0, 0.1) is 18.8 Å². The van der Waals surface area contributed by atoms with Crippen LogP contribution in [-0.2, 0) is 0 Å². The second-order valence-corrected chi connectivity index (χ2v) is 7.19. The molecule has 3 aromatic rings. The van der Waals surface area contributed by atoms with Crippen LogP contribution in [0.3, 0.4) is 0 Å². The van der Waals surface area contributed by atoms with Gasteiger partial charge in [-0.05, 0) is 49.7 Å². The number of aryl methyl sites for hydroxylation is 1. The molecule has 0 atom stereocenters. The summed E-state index contributed by atoms with van der Waals surface area (Å²) in [7, 11) is 1.73. The summed E-state index contributed by atoms with van der Waals surface area (Å²) < 4.78 is 0. The Labute approximate surface area is 175 Å². The summed E-state index contributed by atoms with van der Waals surface area (Å²) in [5, 5.41) is 0.368. The van der Waals surface area contributed by atoms with E-state index in [2.05, 4.69) is 21.8 Å². The number of carbonyl (C=O) groups excluding carboxylic acids is 1. The van der Waals surface area contributed by atoms with Crippen molar-refractivity contribution in [3.05, 3.63) is 76.1 Å². The van der Waals surface area contributed by atoms with Gasteiger partial charge >= 0.3 is 0 Å². The molecule has 1 aromatic carbocycles. The number of amides is 1. The summed E-state index contributed by atoms with van der Waals surface area (Å²) >= 11 is 6.12. The molecule has 1 amide bonds. The van der Waals surface area contributed by atoms with Gasteiger partial charge in [-0.25, -0.2) is 9.97 Å². The normalized spacial score (nSPS) is 12.6. The fourth-order valence-electron chi connectivity index (χ4n) is 3.33. The first kappa shape index (κ1) is 19.0. The Bertz CT molecular complexity index is 1180. The van der Waals surface area contributed by atoms with Crippen LogP contribution >= 0.6 is 11.6 Å². The van der Waals surface area contributed by atoms with E-state index < -0.39 is 0 Å². The van der Waals surface area contributed by atoms with Crippen LogP contribution in [-0.4, -0.2) is 29.5 Å². The molecule has 1 aliphatic heterocycles. The average molecular weight is 403 g/mol. The summed E-state index contributed by atoms with van der Waals surface area (Å²) in [6, 6.07) is 13.3. The largest absolute Gasteiger partial charge is 0.309 e. The van der Waals surface area contributed by atoms with Crippen molar-refractivity contribution >= 4 is 34.8 Å². The van der Waals surface area contributed by atoms with Crippen LogP contribution in [0.25, 0.3) is 0 Å². The maximum atomic E-state index is 13.2. The first-order valence-electron chi connectivity index (χ1n) is 9.29. The SMILES string of the molecule is CCN1c2ncc(C#Cc3cccc(C)c3)cc2C(=O)N(C)c2ccc(Cl)nc21. The number of pyridine rings is 2. The summed E-state index contributed by atoms with van der Waals surface area (Å²) in [5.41, 5.74) is 3.92. The van der Waals surface area contributed by atoms with E-state index in [9.17, 15) is 4.79 Å². The Morgan fingerprint density at radius 2 is 1.86 bits per heavy atom. The lowest BCUT2D eigenvalue weighted by Gasteiger charge is -2.22. The number of nitrogens with zero attached hydrogens (tertiary/aromatic N) is 4. The number of hydrogen-bond acceptors (Lipinski definition) is 4. The number of carbonyl (C=O) groups is 1. The maximum absolute atomic E-state index is 13.2. The highest BCUT2D eigenvalue weighted by Gasteiger charge is 2.30. The average Bonchev–Trinajstić information content (AvgIpc) is 2.80. The number of fused-ring (bicyclic) bond motifs is 2. The van der Waals surface area contributed by atoms with E-state index in [1.165, 1.54) is 0 Å². The van der Waals surface area contributed by atoms with E-state index >= 15 is 0 Å². The Morgan fingerprint density at radius 3 is 2.62 bits per heavy atom. The topological polar surface area (TPSA) is 49.3 Å². The molecule has 0 N–H and O–H groups in total. The third kappa shape index (κ3) is 3.55. The molecule has 0 saturated carbocycles. The molecule has 0 radical (unpaired) electrons. The van der Waals surface area contributed by atoms with Gasteiger partial charge in [-0.3, -0.25) is 4.79 Å². The molecule has 3 heterocycles. The van der Waals surface area contributed by atoms with Crippen LogP contribution in [0.2, 0.25) is 5.15 Å². The number of aromatic nitrogens is 2. The van der Waals surface area contributed by atoms with Gasteiger partial charge in [0.05, 0.1) is 11.3 Å². The molecule has 144 valence electrons. The van der Waals surface area contributed by atoms with Gasteiger partial charge in [-0.2, -0.15) is 0 Å². The fourth-order valence-corrected chi connectivity index (χ4v) is 3.48. The van der Waals surface area contributed by atoms with E-state index in [4.69, 9.17) is 11.6 Å². The van der Waals surface area contributed by atoms with E-state index in [1.54, 1.807) is 36.3 Å². The molecule has 0 spiro atoms. The number of benzene rings is 1. The zero-order valence-electron chi connectivity index (χ0n) is 16.4. The first-order valence-corrected chi connectivity index (χ1v) is 9.66. The monoisotopic (exact) mass is 402 g/mol. The highest BCUT2D eigenvalue weighted by molar-refractivity contribution is 6.29. The molecule has 0 aliphatic carbocycles. The molecule has 0 fully saturated rings. The van der Waals surface area contributed by atoms with Gasteiger partial charge in [0, 0.05) is 30.9 Å². The zero-order valence-corrected chi connectivity index (χ0v) is 17.2. The summed E-state index contributed by atoms with van der Waals surface area (Å²) in [6.45, 7) is 4.61. The van der Waals surface area contributed by atoms with Crippen molar-refractivity contribution in [2.45, 2.75) is 13.8 Å². The van der Waals surface area contributed by atoms with Crippen LogP contribution in [0.5, 0.6) is 0 Å². The Hall–Kier alpha value is -3.36. The van der Waals surface area contributed by atoms with Gasteiger partial charge in [0.2, 0.25) is 0 Å². The fraction of sp³-hybridized carbons (Fsp3) is 0.174. The Kier molecular flexibility index (Phi) is 4.96. The second-order valence-electron chi connectivity index (χ2n) is 6.80. The Morgan fingerprint density at radius 1 is 1.07 bits per heavy atom. The molecular formula is C23H19ClN4O. The number of anilines is 3. The van der Waals surface area contributed by atoms with E-state index in [-0.39, 0.29) is 5.91 Å². The molecule has 4 rings (SSSR count). The molecule has 6 heteroatoms. The minimum atomic E-state index is -0.159. The van der Waals surface area contributed by atoms with Crippen molar-refractivity contribution in [2.24, 2.45) is 0 Å². The molecule has 0 bridgehead atoms. The molecule has 5 nitrogen and oxygen atoms in total. The predicted molar refractivity (Wildman–Crippen MR) is 116 cm³/mol. The smallest absolute Gasteiger partial charge is 0.261 e. The molecular weight excluding hydrogens is 384 g/mol.